The van der Waals surface area contributed by atoms with Crippen molar-refractivity contribution in [3.63, 3.8) is 0 Å². The maximum atomic E-state index is 13.6. The molecule has 0 bridgehead atoms. The minimum atomic E-state index is -0.832. The molecule has 0 aromatic heterocycles. The number of carbonyl (C=O) groups excluding carboxylic acids is 2. The van der Waals surface area contributed by atoms with E-state index >= 15 is 0 Å². The van der Waals surface area contributed by atoms with Crippen LogP contribution in [0.15, 0.2) is 47.4 Å². The Morgan fingerprint density at radius 1 is 1.35 bits per heavy atom. The van der Waals surface area contributed by atoms with Crippen LogP contribution in [-0.2, 0) is 16.0 Å². The van der Waals surface area contributed by atoms with E-state index in [1.54, 1.807) is 17.8 Å². The van der Waals surface area contributed by atoms with Gasteiger partial charge in [-0.15, -0.1) is 11.8 Å². The molecule has 2 aromatic carbocycles. The molecule has 1 aliphatic rings. The highest BCUT2D eigenvalue weighted by molar-refractivity contribution is 7.98. The number of hydrogen-bond acceptors (Lipinski definition) is 4. The van der Waals surface area contributed by atoms with E-state index in [2.05, 4.69) is 5.32 Å². The van der Waals surface area contributed by atoms with E-state index in [-0.39, 0.29) is 23.7 Å². The Bertz CT molecular complexity index is 907. The van der Waals surface area contributed by atoms with Crippen LogP contribution in [0.2, 0.25) is 0 Å². The van der Waals surface area contributed by atoms with Gasteiger partial charge in [-0.05, 0) is 35.6 Å². The number of hydrogen-bond donors (Lipinski definition) is 1. The molecule has 0 unspecified atom stereocenters. The molecule has 2 atom stereocenters. The van der Waals surface area contributed by atoms with E-state index in [9.17, 15) is 14.0 Å². The molecular weight excluding hydrogens is 351 g/mol. The summed E-state index contributed by atoms with van der Waals surface area (Å²) in [5, 5.41) is 11.7. The number of nitrogens with one attached hydrogen (secondary N) is 1. The van der Waals surface area contributed by atoms with Crippen molar-refractivity contribution >= 4 is 23.5 Å². The van der Waals surface area contributed by atoms with Crippen molar-refractivity contribution < 1.29 is 14.0 Å². The number of carbonyl (C=O) groups is 2. The van der Waals surface area contributed by atoms with Gasteiger partial charge in [-0.1, -0.05) is 24.3 Å². The van der Waals surface area contributed by atoms with Gasteiger partial charge in [0.1, 0.15) is 23.6 Å². The van der Waals surface area contributed by atoms with Gasteiger partial charge in [0, 0.05) is 23.8 Å². The van der Waals surface area contributed by atoms with Crippen LogP contribution in [0.4, 0.5) is 4.39 Å². The molecule has 3 rings (SSSR count). The number of benzene rings is 2. The zero-order chi connectivity index (χ0) is 18.7. The van der Waals surface area contributed by atoms with Crippen LogP contribution in [0.1, 0.15) is 22.6 Å². The normalized spacial score (nSPS) is 19.0. The fourth-order valence-corrected chi connectivity index (χ4v) is 3.92. The minimum absolute atomic E-state index is 0.0826. The van der Waals surface area contributed by atoms with Crippen molar-refractivity contribution in [3.8, 4) is 6.07 Å². The summed E-state index contributed by atoms with van der Waals surface area (Å²) in [4.78, 5) is 26.2. The zero-order valence-electron chi connectivity index (χ0n) is 14.2. The third-order valence-corrected chi connectivity index (χ3v) is 5.46. The van der Waals surface area contributed by atoms with Crippen LogP contribution in [0.25, 0.3) is 0 Å². The van der Waals surface area contributed by atoms with Crippen LogP contribution >= 0.6 is 11.8 Å². The number of halogens is 1. The first-order chi connectivity index (χ1) is 12.5. The number of ketones is 1. The molecule has 1 heterocycles. The Kier molecular flexibility index (Phi) is 5.38. The summed E-state index contributed by atoms with van der Waals surface area (Å²) in [6.45, 7) is 0.302. The summed E-state index contributed by atoms with van der Waals surface area (Å²) in [6.07, 6.45) is 2.11. The summed E-state index contributed by atoms with van der Waals surface area (Å²) in [7, 11) is 0. The topological polar surface area (TPSA) is 70.0 Å². The second-order valence-electron chi connectivity index (χ2n) is 6.14. The molecule has 1 fully saturated rings. The van der Waals surface area contributed by atoms with E-state index in [1.165, 1.54) is 18.2 Å². The van der Waals surface area contributed by atoms with Gasteiger partial charge in [-0.2, -0.15) is 5.26 Å². The molecule has 1 saturated heterocycles. The van der Waals surface area contributed by atoms with E-state index in [0.29, 0.717) is 12.1 Å². The highest BCUT2D eigenvalue weighted by Gasteiger charge is 2.40. The zero-order valence-corrected chi connectivity index (χ0v) is 15.0. The first kappa shape index (κ1) is 18.2. The fraction of sp³-hybridized carbons (Fsp3) is 0.250. The molecule has 0 spiro atoms. The summed E-state index contributed by atoms with van der Waals surface area (Å²) in [6, 6.07) is 13.6. The van der Waals surface area contributed by atoms with E-state index < -0.39 is 17.7 Å². The van der Waals surface area contributed by atoms with Crippen LogP contribution in [0.5, 0.6) is 0 Å². The Morgan fingerprint density at radius 3 is 2.85 bits per heavy atom. The van der Waals surface area contributed by atoms with Crippen LogP contribution in [-0.4, -0.2) is 24.5 Å². The highest BCUT2D eigenvalue weighted by Crippen LogP contribution is 2.32. The largest absolute Gasteiger partial charge is 0.355 e. The maximum absolute atomic E-state index is 13.6. The van der Waals surface area contributed by atoms with E-state index in [4.69, 9.17) is 5.26 Å². The van der Waals surface area contributed by atoms with Gasteiger partial charge in [0.25, 0.3) is 0 Å². The highest BCUT2D eigenvalue weighted by atomic mass is 32.2. The molecule has 6 heteroatoms. The Labute approximate surface area is 155 Å². The fourth-order valence-electron chi connectivity index (χ4n) is 3.31. The molecule has 4 nitrogen and oxygen atoms in total. The number of rotatable bonds is 5. The predicted molar refractivity (Wildman–Crippen MR) is 97.3 cm³/mol. The summed E-state index contributed by atoms with van der Waals surface area (Å²) in [5.41, 5.74) is 1.43. The molecule has 1 N–H and O–H groups in total. The summed E-state index contributed by atoms with van der Waals surface area (Å²) >= 11 is 1.55. The molecule has 1 aliphatic heterocycles. The van der Waals surface area contributed by atoms with Gasteiger partial charge in [0.05, 0.1) is 5.56 Å². The third-order valence-electron chi connectivity index (χ3n) is 4.62. The lowest BCUT2D eigenvalue weighted by Crippen LogP contribution is -2.28. The second kappa shape index (κ2) is 7.71. The lowest BCUT2D eigenvalue weighted by molar-refractivity contribution is -0.131. The Morgan fingerprint density at radius 2 is 2.12 bits per heavy atom. The van der Waals surface area contributed by atoms with Gasteiger partial charge in [0.15, 0.2) is 0 Å². The third kappa shape index (κ3) is 3.49. The number of nitrogens with zero attached hydrogens (tertiary/aromatic N) is 1. The Hall–Kier alpha value is -2.65. The smallest absolute Gasteiger partial charge is 0.231 e. The van der Waals surface area contributed by atoms with Gasteiger partial charge >= 0.3 is 0 Å². The molecule has 0 saturated carbocycles. The van der Waals surface area contributed by atoms with Crippen molar-refractivity contribution in [1.29, 1.82) is 5.26 Å². The molecule has 0 aliphatic carbocycles. The van der Waals surface area contributed by atoms with Gasteiger partial charge in [0.2, 0.25) is 5.91 Å². The molecule has 2 aromatic rings. The van der Waals surface area contributed by atoms with E-state index in [0.717, 1.165) is 10.5 Å². The minimum Gasteiger partial charge on any atom is -0.355 e. The average Bonchev–Trinajstić information content (AvgIpc) is 3.04. The molecule has 26 heavy (non-hydrogen) atoms. The molecular formula is C20H17FN2O2S. The van der Waals surface area contributed by atoms with Gasteiger partial charge < -0.3 is 5.32 Å². The number of nitriles is 1. The Balaban J connectivity index is 1.88. The van der Waals surface area contributed by atoms with Gasteiger partial charge in [-0.25, -0.2) is 4.39 Å². The number of thioether (sulfide) groups is 1. The average molecular weight is 368 g/mol. The van der Waals surface area contributed by atoms with E-state index in [1.807, 2.05) is 30.5 Å². The monoisotopic (exact) mass is 368 g/mol. The SMILES string of the molecule is CSc1ccccc1CC(=O)[C@H]1C(=O)NC[C@@H]1c1ccc(F)c(C#N)c1. The first-order valence-corrected chi connectivity index (χ1v) is 9.39. The standard InChI is InChI=1S/C20H17FN2O2S/c1-26-18-5-3-2-4-13(18)9-17(24)19-15(11-23-20(19)25)12-6-7-16(21)14(8-12)10-22/h2-8,15,19H,9,11H2,1H3,(H,23,25)/t15-,19+/m1/s1. The lowest BCUT2D eigenvalue weighted by Gasteiger charge is -2.17. The van der Waals surface area contributed by atoms with Crippen molar-refractivity contribution in [3.05, 3.63) is 65.0 Å². The van der Waals surface area contributed by atoms with Crippen molar-refractivity contribution in [2.24, 2.45) is 5.92 Å². The quantitative estimate of drug-likeness (QED) is 0.650. The van der Waals surface area contributed by atoms with Crippen molar-refractivity contribution in [1.82, 2.24) is 5.32 Å². The lowest BCUT2D eigenvalue weighted by atomic mass is 9.83. The first-order valence-electron chi connectivity index (χ1n) is 8.17. The predicted octanol–water partition coefficient (Wildman–Crippen LogP) is 3.06. The summed E-state index contributed by atoms with van der Waals surface area (Å²) in [5.74, 6) is -2.32. The second-order valence-corrected chi connectivity index (χ2v) is 6.98. The molecule has 132 valence electrons. The van der Waals surface area contributed by atoms with Crippen molar-refractivity contribution in [2.45, 2.75) is 17.2 Å². The van der Waals surface area contributed by atoms with Crippen LogP contribution < -0.4 is 5.32 Å². The van der Waals surface area contributed by atoms with Crippen LogP contribution in [0.3, 0.4) is 0 Å². The molecule has 1 amide bonds. The van der Waals surface area contributed by atoms with Gasteiger partial charge in [-0.3, -0.25) is 9.59 Å². The van der Waals surface area contributed by atoms with Crippen LogP contribution in [0, 0.1) is 23.1 Å². The van der Waals surface area contributed by atoms with Crippen molar-refractivity contribution in [2.75, 3.05) is 12.8 Å². The maximum Gasteiger partial charge on any atom is 0.231 e. The molecule has 0 radical (unpaired) electrons. The summed E-state index contributed by atoms with van der Waals surface area (Å²) < 4.78 is 13.6. The number of amides is 1. The number of Topliss-reactive ketones (excluding diaryl/α,β-unsaturated/α-hetero) is 1.